The molecule has 0 heterocycles. The van der Waals surface area contributed by atoms with Crippen LogP contribution in [0, 0.1) is 21.6 Å². The highest BCUT2D eigenvalue weighted by Gasteiger charge is 2.63. The summed E-state index contributed by atoms with van der Waals surface area (Å²) in [6.45, 7) is -2.21. The van der Waals surface area contributed by atoms with Crippen molar-refractivity contribution >= 4 is 23.2 Å². The van der Waals surface area contributed by atoms with E-state index in [4.69, 9.17) is 5.73 Å². The average Bonchev–Trinajstić information content (AvgIpc) is 2.93. The minimum atomic E-state index is -2.80. The van der Waals surface area contributed by atoms with Crippen LogP contribution in [0.25, 0.3) is 0 Å². The molecular weight excluding hydrogens is 558 g/mol. The van der Waals surface area contributed by atoms with E-state index in [-0.39, 0.29) is 36.1 Å². The number of benzene rings is 1. The molecule has 0 saturated heterocycles. The molecule has 1 aromatic carbocycles. The summed E-state index contributed by atoms with van der Waals surface area (Å²) in [7, 11) is 6.44. The molecule has 0 aliphatic heterocycles. The van der Waals surface area contributed by atoms with Crippen molar-refractivity contribution in [2.45, 2.75) is 37.1 Å². The molecule has 0 saturated carbocycles. The van der Waals surface area contributed by atoms with Gasteiger partial charge in [0.15, 0.2) is 11.4 Å². The number of nitrogens with one attached hydrogen (secondary N) is 1. The molecule has 226 valence electrons. The minimum Gasteiger partial charge on any atom is -0.507 e. The number of alkyl halides is 2. The molecule has 15 heteroatoms. The Kier molecular flexibility index (Phi) is 8.40. The van der Waals surface area contributed by atoms with Crippen molar-refractivity contribution < 1.29 is 33.4 Å². The van der Waals surface area contributed by atoms with Gasteiger partial charge in [-0.1, -0.05) is 0 Å². The number of anilines is 1. The number of hydrogen-bond acceptors (Lipinski definition) is 12. The lowest BCUT2D eigenvalue weighted by atomic mass is 9.57. The summed E-state index contributed by atoms with van der Waals surface area (Å²) in [5, 5.41) is 31.6. The standard InChI is InChI=1S/C27H32F2N6O7/c1-34(2)16-7-12(10-31-13(8-28)9-29)22(36)18-14(16)5-11-6-15-21(35(3)4)20(32-41)19(26(30)39)25(38)27(15,40)24(33-42)17(11)23(18)37/h7,11,13,15,21,31,36,40H,5-6,8-10H2,1-4H3,(H2,30,39)/t11-,15-,21?,27-/m0/s1. The van der Waals surface area contributed by atoms with Gasteiger partial charge in [0.25, 0.3) is 5.91 Å². The van der Waals surface area contributed by atoms with Gasteiger partial charge in [-0.3, -0.25) is 14.4 Å². The highest BCUT2D eigenvalue weighted by Crippen LogP contribution is 2.54. The number of phenolic OH excluding ortho intramolecular Hbond substituents is 1. The molecule has 0 aromatic heterocycles. The van der Waals surface area contributed by atoms with Gasteiger partial charge in [-0.2, -0.15) is 0 Å². The Labute approximate surface area is 239 Å². The van der Waals surface area contributed by atoms with Crippen molar-refractivity contribution in [1.82, 2.24) is 10.2 Å². The maximum Gasteiger partial charge on any atom is 0.254 e. The predicted molar refractivity (Wildman–Crippen MR) is 147 cm³/mol. The number of hydrogen-bond donors (Lipinski definition) is 4. The van der Waals surface area contributed by atoms with Gasteiger partial charge in [0.05, 0.1) is 17.6 Å². The van der Waals surface area contributed by atoms with Crippen LogP contribution in [-0.4, -0.2) is 91.8 Å². The number of amides is 1. The number of carbonyl (C=O) groups is 3. The van der Waals surface area contributed by atoms with E-state index < -0.39 is 83.1 Å². The largest absolute Gasteiger partial charge is 0.507 e. The summed E-state index contributed by atoms with van der Waals surface area (Å²) in [6.07, 6.45) is -0.0275. The molecule has 0 spiro atoms. The number of nitrogens with zero attached hydrogens (tertiary/aromatic N) is 4. The van der Waals surface area contributed by atoms with E-state index in [1.165, 1.54) is 19.0 Å². The van der Waals surface area contributed by atoms with Crippen LogP contribution in [-0.2, 0) is 22.6 Å². The number of carbonyl (C=O) groups excluding carboxylic acids is 3. The Bertz CT molecular complexity index is 1440. The number of aromatic hydroxyl groups is 1. The topological polar surface area (TPSA) is 195 Å². The third kappa shape index (κ3) is 4.51. The highest BCUT2D eigenvalue weighted by molar-refractivity contribution is 6.25. The fourth-order valence-electron chi connectivity index (χ4n) is 6.51. The molecule has 0 radical (unpaired) electrons. The molecule has 0 bridgehead atoms. The maximum atomic E-state index is 14.1. The zero-order valence-corrected chi connectivity index (χ0v) is 23.5. The molecule has 4 atom stereocenters. The third-order valence-electron chi connectivity index (χ3n) is 8.40. The van der Waals surface area contributed by atoms with Gasteiger partial charge in [-0.25, -0.2) is 8.78 Å². The molecule has 42 heavy (non-hydrogen) atoms. The molecule has 4 rings (SSSR count). The SMILES string of the molecule is CN(C)c1cc(CNC(CF)CF)c(O)c2c1C[C@H]1C[C@H]3C(N(C)C)C(N=O)=C(C(N)=O)C(=O)[C@@]3(O)C(N=O)=C1C2=O. The van der Waals surface area contributed by atoms with Gasteiger partial charge in [0, 0.05) is 43.4 Å². The van der Waals surface area contributed by atoms with Gasteiger partial charge >= 0.3 is 0 Å². The third-order valence-corrected chi connectivity index (χ3v) is 8.40. The van der Waals surface area contributed by atoms with Crippen LogP contribution in [0.2, 0.25) is 0 Å². The van der Waals surface area contributed by atoms with E-state index in [0.29, 0.717) is 11.3 Å². The van der Waals surface area contributed by atoms with E-state index >= 15 is 0 Å². The quantitative estimate of drug-likeness (QED) is 0.225. The lowest BCUT2D eigenvalue weighted by molar-refractivity contribution is -0.142. The van der Waals surface area contributed by atoms with E-state index in [1.807, 2.05) is 0 Å². The zero-order valence-electron chi connectivity index (χ0n) is 23.5. The molecule has 0 fully saturated rings. The van der Waals surface area contributed by atoms with Gasteiger partial charge in [0.2, 0.25) is 5.78 Å². The number of aliphatic hydroxyl groups is 1. The van der Waals surface area contributed by atoms with E-state index in [2.05, 4.69) is 15.7 Å². The number of ketones is 2. The van der Waals surface area contributed by atoms with E-state index in [0.717, 1.165) is 0 Å². The van der Waals surface area contributed by atoms with Crippen LogP contribution in [0.1, 0.15) is 27.9 Å². The molecule has 3 aliphatic rings. The molecule has 5 N–H and O–H groups in total. The second-order valence-electron chi connectivity index (χ2n) is 11.2. The van der Waals surface area contributed by atoms with Crippen LogP contribution < -0.4 is 16.0 Å². The molecular formula is C27H32F2N6O7. The average molecular weight is 591 g/mol. The predicted octanol–water partition coefficient (Wildman–Crippen LogP) is 1.00. The van der Waals surface area contributed by atoms with Crippen molar-refractivity contribution in [2.75, 3.05) is 46.4 Å². The first kappa shape index (κ1) is 31.0. The maximum absolute atomic E-state index is 14.1. The number of allylic oxidation sites excluding steroid dienone is 1. The van der Waals surface area contributed by atoms with Gasteiger partial charge in [-0.15, -0.1) is 9.81 Å². The molecule has 1 aromatic rings. The van der Waals surface area contributed by atoms with Crippen LogP contribution in [0.5, 0.6) is 5.75 Å². The Morgan fingerprint density at radius 2 is 1.83 bits per heavy atom. The number of phenols is 1. The monoisotopic (exact) mass is 590 g/mol. The Balaban J connectivity index is 1.97. The van der Waals surface area contributed by atoms with Crippen molar-refractivity contribution in [1.29, 1.82) is 0 Å². The van der Waals surface area contributed by atoms with Crippen LogP contribution in [0.3, 0.4) is 0 Å². The normalized spacial score (nSPS) is 25.4. The highest BCUT2D eigenvalue weighted by atomic mass is 19.1. The van der Waals surface area contributed by atoms with Crippen molar-refractivity contribution in [3.05, 3.63) is 55.1 Å². The molecule has 1 unspecified atom stereocenters. The smallest absolute Gasteiger partial charge is 0.254 e. The van der Waals surface area contributed by atoms with Gasteiger partial charge in [-0.05, 0) is 54.8 Å². The summed E-state index contributed by atoms with van der Waals surface area (Å²) in [6, 6.07) is -0.698. The van der Waals surface area contributed by atoms with Crippen molar-refractivity contribution in [3.63, 3.8) is 0 Å². The number of fused-ring (bicyclic) bond motifs is 3. The number of Topliss-reactive ketones (excluding diaryl/α,β-unsaturated/α-hetero) is 2. The second kappa shape index (κ2) is 11.4. The summed E-state index contributed by atoms with van der Waals surface area (Å²) in [5.41, 5.74) is 0.922. The van der Waals surface area contributed by atoms with E-state index in [1.54, 1.807) is 25.1 Å². The Morgan fingerprint density at radius 3 is 2.33 bits per heavy atom. The van der Waals surface area contributed by atoms with Crippen LogP contribution in [0.4, 0.5) is 14.5 Å². The van der Waals surface area contributed by atoms with E-state index in [9.17, 15) is 43.2 Å². The lowest BCUT2D eigenvalue weighted by Gasteiger charge is -2.50. The van der Waals surface area contributed by atoms with Crippen molar-refractivity contribution in [3.8, 4) is 5.75 Å². The zero-order chi connectivity index (χ0) is 31.3. The number of likely N-dealkylation sites (N-methyl/N-ethyl adjacent to an activating group) is 1. The van der Waals surface area contributed by atoms with Crippen LogP contribution >= 0.6 is 0 Å². The number of rotatable bonds is 10. The number of nitroso groups, excluding NO2 is 2. The molecule has 1 amide bonds. The Morgan fingerprint density at radius 1 is 1.19 bits per heavy atom. The summed E-state index contributed by atoms with van der Waals surface area (Å²) < 4.78 is 26.2. The summed E-state index contributed by atoms with van der Waals surface area (Å²) >= 11 is 0. The Hall–Kier alpha value is -3.95. The number of nitrogens with two attached hydrogens (primary N) is 1. The minimum absolute atomic E-state index is 0.0684. The number of halogens is 2. The lowest BCUT2D eigenvalue weighted by Crippen LogP contribution is -2.63. The number of primary amides is 1. The molecule has 13 nitrogen and oxygen atoms in total. The van der Waals surface area contributed by atoms with Gasteiger partial charge < -0.3 is 31.1 Å². The van der Waals surface area contributed by atoms with Crippen LogP contribution in [0.15, 0.2) is 39.0 Å². The summed E-state index contributed by atoms with van der Waals surface area (Å²) in [5.74, 6) is -6.10. The second-order valence-corrected chi connectivity index (χ2v) is 11.2. The molecule has 3 aliphatic carbocycles. The van der Waals surface area contributed by atoms with Gasteiger partial charge in [0.1, 0.15) is 36.1 Å². The summed E-state index contributed by atoms with van der Waals surface area (Å²) in [4.78, 5) is 67.5. The van der Waals surface area contributed by atoms with Crippen molar-refractivity contribution in [2.24, 2.45) is 27.9 Å². The fourth-order valence-corrected chi connectivity index (χ4v) is 6.51. The first-order valence-corrected chi connectivity index (χ1v) is 13.1. The first-order valence-electron chi connectivity index (χ1n) is 13.1. The first-order chi connectivity index (χ1) is 19.8. The fraction of sp³-hybridized carbons (Fsp3) is 0.519.